The molecule has 0 aliphatic heterocycles. The van der Waals surface area contributed by atoms with Gasteiger partial charge in [-0.05, 0) is 0 Å². The summed E-state index contributed by atoms with van der Waals surface area (Å²) in [5.41, 5.74) is 20.1. The van der Waals surface area contributed by atoms with Crippen LogP contribution in [-0.2, 0) is 0 Å². The Labute approximate surface area is 73.2 Å². The zero-order valence-corrected chi connectivity index (χ0v) is 7.34. The van der Waals surface area contributed by atoms with E-state index in [4.69, 9.17) is 22.9 Å². The Balaban J connectivity index is 0. The second kappa shape index (κ2) is 17.0. The molecule has 0 radical (unpaired) electrons. The van der Waals surface area contributed by atoms with Crippen molar-refractivity contribution in [1.29, 1.82) is 0 Å². The number of hydrogen-bond acceptors (Lipinski definition) is 7. The van der Waals surface area contributed by atoms with Gasteiger partial charge in [0.25, 0.3) is 0 Å². The molecule has 0 spiro atoms. The van der Waals surface area contributed by atoms with Gasteiger partial charge < -0.3 is 22.9 Å². The second-order valence-corrected chi connectivity index (χ2v) is 1.74. The van der Waals surface area contributed by atoms with E-state index in [0.29, 0.717) is 33.3 Å². The van der Waals surface area contributed by atoms with E-state index >= 15 is 0 Å². The maximum atomic E-state index is 5.08. The van der Waals surface area contributed by atoms with Crippen LogP contribution in [0.25, 0.3) is 0 Å². The van der Waals surface area contributed by atoms with Crippen LogP contribution in [0.2, 0.25) is 0 Å². The first-order valence-electron chi connectivity index (χ1n) is 3.75. The quantitative estimate of drug-likeness (QED) is 0.165. The fourth-order valence-electron chi connectivity index (χ4n) is 0.316. The van der Waals surface area contributed by atoms with Crippen molar-refractivity contribution in [3.63, 3.8) is 0 Å². The molecule has 0 atom stereocenters. The number of nitrogens with one attached hydrogen (secondary N) is 3. The normalized spacial score (nSPS) is 9.00. The lowest BCUT2D eigenvalue weighted by Gasteiger charge is -1.98. The van der Waals surface area contributed by atoms with Crippen molar-refractivity contribution in [2.75, 3.05) is 33.3 Å². The van der Waals surface area contributed by atoms with Crippen LogP contribution in [0.1, 0.15) is 0 Å². The lowest BCUT2D eigenvalue weighted by Crippen LogP contribution is -2.35. The summed E-state index contributed by atoms with van der Waals surface area (Å²) in [6, 6.07) is 0. The SMILES string of the molecule is NCNCN.NCNCNCN. The largest absolute Gasteiger partial charge is 0.318 e. The van der Waals surface area contributed by atoms with Gasteiger partial charge in [-0.3, -0.25) is 16.0 Å². The minimum absolute atomic E-state index is 0.469. The number of hydrogen-bond donors (Lipinski definition) is 7. The first kappa shape index (κ1) is 14.3. The molecule has 0 heterocycles. The average molecular weight is 179 g/mol. The van der Waals surface area contributed by atoms with Crippen LogP contribution in [0.3, 0.4) is 0 Å². The molecule has 0 aromatic rings. The molecule has 0 aromatic carbocycles. The third kappa shape index (κ3) is 22.6. The van der Waals surface area contributed by atoms with Gasteiger partial charge in [-0.15, -0.1) is 0 Å². The van der Waals surface area contributed by atoms with Gasteiger partial charge >= 0.3 is 0 Å². The molecule has 0 unspecified atom stereocenters. The summed E-state index contributed by atoms with van der Waals surface area (Å²) in [4.78, 5) is 0. The Morgan fingerprint density at radius 1 is 0.583 bits per heavy atom. The van der Waals surface area contributed by atoms with E-state index < -0.39 is 0 Å². The lowest BCUT2D eigenvalue weighted by atomic mass is 10.9. The molecule has 0 aliphatic rings. The third-order valence-corrected chi connectivity index (χ3v) is 0.827. The van der Waals surface area contributed by atoms with Gasteiger partial charge in [-0.2, -0.15) is 0 Å². The first-order chi connectivity index (χ1) is 5.83. The molecule has 0 aliphatic carbocycles. The van der Waals surface area contributed by atoms with Crippen molar-refractivity contribution >= 4 is 0 Å². The highest BCUT2D eigenvalue weighted by molar-refractivity contribution is 4.34. The molecule has 7 nitrogen and oxygen atoms in total. The Morgan fingerprint density at radius 2 is 0.917 bits per heavy atom. The fraction of sp³-hybridized carbons (Fsp3) is 1.00. The van der Waals surface area contributed by atoms with Crippen LogP contribution < -0.4 is 38.9 Å². The summed E-state index contributed by atoms with van der Waals surface area (Å²) in [5.74, 6) is 0. The van der Waals surface area contributed by atoms with Crippen molar-refractivity contribution in [2.45, 2.75) is 0 Å². The molecule has 0 aromatic heterocycles. The van der Waals surface area contributed by atoms with E-state index in [9.17, 15) is 0 Å². The molecule has 0 rings (SSSR count). The molecule has 0 saturated heterocycles. The summed E-state index contributed by atoms with van der Waals surface area (Å²) < 4.78 is 0. The van der Waals surface area contributed by atoms with Crippen molar-refractivity contribution < 1.29 is 0 Å². The Hall–Kier alpha value is -0.280. The van der Waals surface area contributed by atoms with Crippen molar-refractivity contribution in [3.05, 3.63) is 0 Å². The van der Waals surface area contributed by atoms with Crippen molar-refractivity contribution in [3.8, 4) is 0 Å². The van der Waals surface area contributed by atoms with Gasteiger partial charge in [0.15, 0.2) is 0 Å². The van der Waals surface area contributed by atoms with Gasteiger partial charge in [0.2, 0.25) is 0 Å². The van der Waals surface area contributed by atoms with E-state index in [-0.39, 0.29) is 0 Å². The maximum absolute atomic E-state index is 5.08. The van der Waals surface area contributed by atoms with E-state index in [1.165, 1.54) is 0 Å². The van der Waals surface area contributed by atoms with Gasteiger partial charge in [-0.1, -0.05) is 0 Å². The number of nitrogens with two attached hydrogens (primary N) is 4. The average Bonchev–Trinajstić information content (AvgIpc) is 2.08. The molecule has 12 heavy (non-hydrogen) atoms. The summed E-state index contributed by atoms with van der Waals surface area (Å²) in [7, 11) is 0. The van der Waals surface area contributed by atoms with Gasteiger partial charge in [0.05, 0.1) is 0 Å². The Kier molecular flexibility index (Phi) is 20.2. The first-order valence-corrected chi connectivity index (χ1v) is 3.75. The predicted molar refractivity (Wildman–Crippen MR) is 50.5 cm³/mol. The summed E-state index contributed by atoms with van der Waals surface area (Å²) >= 11 is 0. The maximum Gasteiger partial charge on any atom is 0.0474 e. The zero-order valence-electron chi connectivity index (χ0n) is 7.34. The molecule has 0 amide bonds. The van der Waals surface area contributed by atoms with Crippen LogP contribution in [0.5, 0.6) is 0 Å². The van der Waals surface area contributed by atoms with Crippen molar-refractivity contribution in [2.24, 2.45) is 22.9 Å². The Bertz CT molecular complexity index is 53.8. The smallest absolute Gasteiger partial charge is 0.0474 e. The highest BCUT2D eigenvalue weighted by Gasteiger charge is 1.73. The van der Waals surface area contributed by atoms with Crippen LogP contribution in [0.15, 0.2) is 0 Å². The van der Waals surface area contributed by atoms with E-state index in [2.05, 4.69) is 16.0 Å². The highest BCUT2D eigenvalue weighted by Crippen LogP contribution is 1.40. The summed E-state index contributed by atoms with van der Waals surface area (Å²) in [6.07, 6.45) is 0. The standard InChI is InChI=1S/C3H12N4.C2H9N3/c4-1-6-3-7-2-5;3-1-5-2-4/h6-7H,1-5H2;5H,1-4H2. The predicted octanol–water partition coefficient (Wildman–Crippen LogP) is -3.64. The van der Waals surface area contributed by atoms with Crippen LogP contribution >= 0.6 is 0 Å². The monoisotopic (exact) mass is 179 g/mol. The van der Waals surface area contributed by atoms with E-state index in [1.807, 2.05) is 0 Å². The van der Waals surface area contributed by atoms with E-state index in [1.54, 1.807) is 0 Å². The minimum atomic E-state index is 0.469. The second-order valence-electron chi connectivity index (χ2n) is 1.74. The summed E-state index contributed by atoms with van der Waals surface area (Å²) in [6.45, 7) is 2.61. The number of rotatable bonds is 6. The fourth-order valence-corrected chi connectivity index (χ4v) is 0.316. The van der Waals surface area contributed by atoms with Gasteiger partial charge in [0, 0.05) is 33.3 Å². The Morgan fingerprint density at radius 3 is 1.08 bits per heavy atom. The molecule has 0 fully saturated rings. The summed E-state index contributed by atoms with van der Waals surface area (Å²) in [5, 5.41) is 8.34. The highest BCUT2D eigenvalue weighted by atomic mass is 15.1. The topological polar surface area (TPSA) is 140 Å². The van der Waals surface area contributed by atoms with Gasteiger partial charge in [-0.25, -0.2) is 0 Å². The molecule has 0 saturated carbocycles. The zero-order chi connectivity index (χ0) is 9.66. The van der Waals surface area contributed by atoms with Gasteiger partial charge in [0.1, 0.15) is 0 Å². The van der Waals surface area contributed by atoms with Crippen LogP contribution in [0, 0.1) is 0 Å². The van der Waals surface area contributed by atoms with Crippen molar-refractivity contribution in [1.82, 2.24) is 16.0 Å². The minimum Gasteiger partial charge on any atom is -0.318 e. The van der Waals surface area contributed by atoms with Crippen LogP contribution in [0.4, 0.5) is 0 Å². The molecular weight excluding hydrogens is 158 g/mol. The van der Waals surface area contributed by atoms with E-state index in [0.717, 1.165) is 0 Å². The third-order valence-electron chi connectivity index (χ3n) is 0.827. The molecular formula is C5H21N7. The molecule has 7 heteroatoms. The molecule has 0 bridgehead atoms. The molecule has 76 valence electrons. The lowest BCUT2D eigenvalue weighted by molar-refractivity contribution is 0.601. The molecule has 11 N–H and O–H groups in total. The van der Waals surface area contributed by atoms with Crippen LogP contribution in [-0.4, -0.2) is 33.3 Å².